The lowest BCUT2D eigenvalue weighted by Gasteiger charge is -2.58. The van der Waals surface area contributed by atoms with Crippen molar-refractivity contribution < 1.29 is 29.3 Å². The minimum atomic E-state index is -0.972. The zero-order valence-corrected chi connectivity index (χ0v) is 29.1. The monoisotopic (exact) mass is 676 g/mol. The molecule has 2 aromatic rings. The fraction of sp³-hybridized carbons (Fsp3) is 0.538. The average Bonchev–Trinajstić information content (AvgIpc) is 3.11. The molecule has 1 fully saturated rings. The Labute approximate surface area is 290 Å². The number of aryl methyl sites for hydroxylation is 1. The maximum Gasteiger partial charge on any atom is 0.230 e. The lowest BCUT2D eigenvalue weighted by atomic mass is 9.56. The maximum absolute atomic E-state index is 9.78. The molecule has 0 saturated heterocycles. The molecule has 2 heterocycles. The number of pyridine rings is 1. The summed E-state index contributed by atoms with van der Waals surface area (Å²) in [5.74, 6) is 1.89. The maximum atomic E-state index is 9.78. The van der Waals surface area contributed by atoms with E-state index in [-0.39, 0.29) is 42.1 Å². The number of aliphatic hydroxyl groups is 2. The van der Waals surface area contributed by atoms with Gasteiger partial charge in [0.2, 0.25) is 5.79 Å². The molecule has 0 unspecified atom stereocenters. The number of hydrogen-bond acceptors (Lipinski definition) is 9. The number of fused-ring (bicyclic) bond motifs is 2. The average molecular weight is 677 g/mol. The molecule has 2 N–H and O–H groups in total. The molecule has 8 nitrogen and oxygen atoms in total. The number of oxime groups is 1. The van der Waals surface area contributed by atoms with Crippen molar-refractivity contribution in [2.45, 2.75) is 75.2 Å². The third kappa shape index (κ3) is 8.19. The molecule has 1 saturated carbocycles. The van der Waals surface area contributed by atoms with E-state index in [9.17, 15) is 10.2 Å². The van der Waals surface area contributed by atoms with Gasteiger partial charge in [-0.2, -0.15) is 11.8 Å². The fourth-order valence-corrected chi connectivity index (χ4v) is 9.14. The van der Waals surface area contributed by atoms with Crippen molar-refractivity contribution in [3.05, 3.63) is 90.8 Å². The number of aliphatic hydroxyl groups excluding tert-OH is 2. The quantitative estimate of drug-likeness (QED) is 0.0858. The minimum absolute atomic E-state index is 0.0408. The van der Waals surface area contributed by atoms with Gasteiger partial charge in [-0.25, -0.2) is 0 Å². The Morgan fingerprint density at radius 3 is 2.54 bits per heavy atom. The molecule has 260 valence electrons. The van der Waals surface area contributed by atoms with E-state index in [0.29, 0.717) is 26.2 Å². The summed E-state index contributed by atoms with van der Waals surface area (Å²) in [4.78, 5) is 9.98. The molecule has 0 radical (unpaired) electrons. The van der Waals surface area contributed by atoms with E-state index in [1.54, 1.807) is 12.2 Å². The largest absolute Gasteiger partial charge is 0.490 e. The van der Waals surface area contributed by atoms with Crippen molar-refractivity contribution in [1.29, 1.82) is 0 Å². The van der Waals surface area contributed by atoms with E-state index < -0.39 is 5.79 Å². The smallest absolute Gasteiger partial charge is 0.230 e. The Balaban J connectivity index is 1.66. The van der Waals surface area contributed by atoms with E-state index in [1.165, 1.54) is 5.56 Å². The number of nitrogens with zero attached hydrogens (tertiary/aromatic N) is 2. The van der Waals surface area contributed by atoms with Crippen molar-refractivity contribution in [3.8, 4) is 11.5 Å². The Bertz CT molecular complexity index is 1400. The topological polar surface area (TPSA) is 103 Å². The second-order valence-corrected chi connectivity index (χ2v) is 14.0. The number of aromatic nitrogens is 1. The van der Waals surface area contributed by atoms with Crippen molar-refractivity contribution >= 4 is 17.5 Å². The molecule has 1 aromatic carbocycles. The van der Waals surface area contributed by atoms with Gasteiger partial charge in [-0.3, -0.25) is 4.98 Å². The van der Waals surface area contributed by atoms with Gasteiger partial charge in [0.15, 0.2) is 0 Å². The summed E-state index contributed by atoms with van der Waals surface area (Å²) in [5, 5.41) is 24.2. The summed E-state index contributed by atoms with van der Waals surface area (Å²) in [6.45, 7) is 11.4. The van der Waals surface area contributed by atoms with Gasteiger partial charge in [-0.15, -0.1) is 6.58 Å². The highest BCUT2D eigenvalue weighted by molar-refractivity contribution is 8.00. The number of hydrogen-bond donors (Lipinski definition) is 2. The number of unbranched alkanes of at least 4 members (excludes halogenated alkanes) is 2. The van der Waals surface area contributed by atoms with Crippen LogP contribution in [0.25, 0.3) is 0 Å². The number of ether oxygens (including phenoxy) is 3. The summed E-state index contributed by atoms with van der Waals surface area (Å²) in [6, 6.07) is 10.3. The molecular weight excluding hydrogens is 625 g/mol. The molecule has 0 amide bonds. The molecule has 9 heteroatoms. The van der Waals surface area contributed by atoms with Crippen molar-refractivity contribution in [2.24, 2.45) is 22.9 Å². The van der Waals surface area contributed by atoms with Crippen LogP contribution in [0.15, 0.2) is 84.8 Å². The number of benzene rings is 1. The normalized spacial score (nSPS) is 26.5. The van der Waals surface area contributed by atoms with E-state index >= 15 is 0 Å². The summed E-state index contributed by atoms with van der Waals surface area (Å²) in [7, 11) is 0. The summed E-state index contributed by atoms with van der Waals surface area (Å²) in [6.07, 6.45) is 16.5. The van der Waals surface area contributed by atoms with Gasteiger partial charge in [0.25, 0.3) is 0 Å². The summed E-state index contributed by atoms with van der Waals surface area (Å²) in [5.41, 5.74) is 4.45. The number of thioether (sulfide) groups is 1. The molecule has 0 spiro atoms. The van der Waals surface area contributed by atoms with Crippen LogP contribution in [0.1, 0.15) is 68.9 Å². The van der Waals surface area contributed by atoms with Crippen LogP contribution in [-0.2, 0) is 16.0 Å². The van der Waals surface area contributed by atoms with E-state index in [0.717, 1.165) is 79.0 Å². The second kappa shape index (κ2) is 18.0. The summed E-state index contributed by atoms with van der Waals surface area (Å²) < 4.78 is 20.2. The SMILES string of the molecule is C=CCOc1ccc2c(c1)[C@H]1[C@H](CCCCO)[C@@H](CCCCO)C=C3C(=NOCC)C[C@H](SCCc4ccncc4)[C@@](OCC=C)(O2)[C@H]31. The van der Waals surface area contributed by atoms with Crippen LogP contribution < -0.4 is 9.47 Å². The third-order valence-corrected chi connectivity index (χ3v) is 11.1. The van der Waals surface area contributed by atoms with Crippen LogP contribution in [0.3, 0.4) is 0 Å². The predicted octanol–water partition coefficient (Wildman–Crippen LogP) is 7.28. The van der Waals surface area contributed by atoms with Gasteiger partial charge >= 0.3 is 0 Å². The Hall–Kier alpha value is -3.11. The summed E-state index contributed by atoms with van der Waals surface area (Å²) >= 11 is 1.87. The standard InChI is InChI=1S/C39H52N2O6S/c1-4-22-44-30-13-14-35-33(26-30)37-31(12-8-10-21-43)29(11-7-9-20-42)25-32-34(41-46-6-3)27-36(39(47-35,38(32)37)45-23-5-2)48-24-17-28-15-18-40-19-16-28/h4-5,13-16,18-19,25-26,29,31,36-38,42-43H,1-2,6-12,17,20-24,27H2,3H3/t29-,31+,36-,37+,38+,39+/m0/s1. The van der Waals surface area contributed by atoms with Crippen LogP contribution in [0, 0.1) is 17.8 Å². The highest BCUT2D eigenvalue weighted by Crippen LogP contribution is 2.62. The van der Waals surface area contributed by atoms with Gasteiger partial charge in [0.1, 0.15) is 24.7 Å². The van der Waals surface area contributed by atoms with Gasteiger partial charge in [-0.1, -0.05) is 42.8 Å². The molecular formula is C39H52N2O6S. The number of allylic oxidation sites excluding steroid dienone is 1. The fourth-order valence-electron chi connectivity index (χ4n) is 7.73. The molecule has 1 aliphatic heterocycles. The molecule has 3 aliphatic rings. The second-order valence-electron chi connectivity index (χ2n) is 12.7. The Morgan fingerprint density at radius 2 is 1.81 bits per heavy atom. The molecule has 6 atom stereocenters. The Morgan fingerprint density at radius 1 is 1.04 bits per heavy atom. The molecule has 1 aromatic heterocycles. The molecule has 5 rings (SSSR count). The molecule has 2 aliphatic carbocycles. The first-order valence-corrected chi connectivity index (χ1v) is 18.6. The molecule has 0 bridgehead atoms. The number of rotatable bonds is 20. The lowest BCUT2D eigenvalue weighted by Crippen LogP contribution is -2.64. The van der Waals surface area contributed by atoms with Crippen LogP contribution in [-0.4, -0.2) is 70.7 Å². The zero-order valence-electron chi connectivity index (χ0n) is 28.3. The first-order chi connectivity index (χ1) is 23.6. The van der Waals surface area contributed by atoms with Crippen LogP contribution in [0.2, 0.25) is 0 Å². The van der Waals surface area contributed by atoms with Crippen LogP contribution in [0.5, 0.6) is 11.5 Å². The lowest BCUT2D eigenvalue weighted by molar-refractivity contribution is -0.223. The molecule has 48 heavy (non-hydrogen) atoms. The van der Waals surface area contributed by atoms with Crippen LogP contribution >= 0.6 is 11.8 Å². The van der Waals surface area contributed by atoms with Gasteiger partial charge in [0, 0.05) is 43.5 Å². The van der Waals surface area contributed by atoms with Gasteiger partial charge in [0.05, 0.1) is 23.5 Å². The first-order valence-electron chi connectivity index (χ1n) is 17.5. The van der Waals surface area contributed by atoms with Gasteiger partial charge < -0.3 is 29.3 Å². The third-order valence-electron chi connectivity index (χ3n) is 9.75. The minimum Gasteiger partial charge on any atom is -0.490 e. The van der Waals surface area contributed by atoms with E-state index in [1.807, 2.05) is 43.2 Å². The van der Waals surface area contributed by atoms with Crippen LogP contribution in [0.4, 0.5) is 0 Å². The predicted molar refractivity (Wildman–Crippen MR) is 193 cm³/mol. The van der Waals surface area contributed by atoms with Crippen molar-refractivity contribution in [2.75, 3.05) is 38.8 Å². The van der Waals surface area contributed by atoms with Gasteiger partial charge in [-0.05, 0) is 98.1 Å². The zero-order chi connectivity index (χ0) is 33.8. The highest BCUT2D eigenvalue weighted by atomic mass is 32.2. The highest BCUT2D eigenvalue weighted by Gasteiger charge is 2.63. The first kappa shape index (κ1) is 36.2. The Kier molecular flexibility index (Phi) is 13.6. The van der Waals surface area contributed by atoms with Crippen molar-refractivity contribution in [1.82, 2.24) is 4.98 Å². The van der Waals surface area contributed by atoms with E-state index in [4.69, 9.17) is 24.2 Å². The van der Waals surface area contributed by atoms with Crippen molar-refractivity contribution in [3.63, 3.8) is 0 Å². The van der Waals surface area contributed by atoms with E-state index in [2.05, 4.69) is 42.4 Å².